The van der Waals surface area contributed by atoms with Gasteiger partial charge in [0.25, 0.3) is 0 Å². The van der Waals surface area contributed by atoms with Crippen molar-refractivity contribution in [2.24, 2.45) is 0 Å². The lowest BCUT2D eigenvalue weighted by Gasteiger charge is -2.09. The molecule has 0 saturated carbocycles. The average Bonchev–Trinajstić information content (AvgIpc) is 3.27. The van der Waals surface area contributed by atoms with Crippen LogP contribution in [0, 0.1) is 0 Å². The van der Waals surface area contributed by atoms with Crippen molar-refractivity contribution in [3.63, 3.8) is 0 Å². The minimum atomic E-state index is 0.477. The predicted molar refractivity (Wildman–Crippen MR) is 115 cm³/mol. The van der Waals surface area contributed by atoms with E-state index in [0.29, 0.717) is 18.2 Å². The first-order valence-corrected chi connectivity index (χ1v) is 9.49. The monoisotopic (exact) mass is 394 g/mol. The van der Waals surface area contributed by atoms with Crippen LogP contribution in [-0.2, 0) is 6.61 Å². The van der Waals surface area contributed by atoms with Gasteiger partial charge in [0, 0.05) is 35.2 Å². The molecule has 5 aromatic rings. The zero-order valence-corrected chi connectivity index (χ0v) is 16.0. The second-order valence-corrected chi connectivity index (χ2v) is 6.73. The van der Waals surface area contributed by atoms with Gasteiger partial charge in [-0.2, -0.15) is 5.10 Å². The number of nitrogens with one attached hydrogen (secondary N) is 2. The fourth-order valence-electron chi connectivity index (χ4n) is 3.11. The number of pyridine rings is 1. The summed E-state index contributed by atoms with van der Waals surface area (Å²) < 4.78 is 5.91. The molecule has 2 N–H and O–H groups in total. The Kier molecular flexibility index (Phi) is 4.75. The summed E-state index contributed by atoms with van der Waals surface area (Å²) in [5, 5.41) is 11.4. The molecule has 0 spiro atoms. The topological polar surface area (TPSA) is 88.6 Å². The molecule has 3 aromatic heterocycles. The summed E-state index contributed by atoms with van der Waals surface area (Å²) in [6.45, 7) is 0.477. The quantitative estimate of drug-likeness (QED) is 0.433. The minimum absolute atomic E-state index is 0.477. The third kappa shape index (κ3) is 3.95. The molecule has 0 unspecified atom stereocenters. The third-order valence-electron chi connectivity index (χ3n) is 4.62. The van der Waals surface area contributed by atoms with E-state index in [2.05, 4.69) is 30.5 Å². The van der Waals surface area contributed by atoms with Gasteiger partial charge in [0.15, 0.2) is 5.82 Å². The van der Waals surface area contributed by atoms with Crippen molar-refractivity contribution >= 4 is 22.4 Å². The van der Waals surface area contributed by atoms with Crippen LogP contribution in [0.15, 0.2) is 85.5 Å². The van der Waals surface area contributed by atoms with Crippen LogP contribution in [-0.4, -0.2) is 25.1 Å². The van der Waals surface area contributed by atoms with Crippen LogP contribution < -0.4 is 10.1 Å². The van der Waals surface area contributed by atoms with Gasteiger partial charge in [-0.05, 0) is 54.1 Å². The Balaban J connectivity index is 1.34. The van der Waals surface area contributed by atoms with E-state index in [1.54, 1.807) is 24.8 Å². The first-order chi connectivity index (χ1) is 14.8. The summed E-state index contributed by atoms with van der Waals surface area (Å²) in [7, 11) is 0. The Morgan fingerprint density at radius 3 is 2.80 bits per heavy atom. The highest BCUT2D eigenvalue weighted by molar-refractivity contribution is 5.82. The molecule has 0 atom stereocenters. The molecule has 0 aliphatic rings. The minimum Gasteiger partial charge on any atom is -0.489 e. The number of H-pyrrole nitrogens is 1. The predicted octanol–water partition coefficient (Wildman–Crippen LogP) is 4.74. The van der Waals surface area contributed by atoms with Crippen LogP contribution in [0.25, 0.3) is 22.3 Å². The number of ether oxygens (including phenoxy) is 1. The van der Waals surface area contributed by atoms with Crippen molar-refractivity contribution in [1.82, 2.24) is 25.1 Å². The van der Waals surface area contributed by atoms with Crippen LogP contribution in [0.3, 0.4) is 0 Å². The lowest BCUT2D eigenvalue weighted by Crippen LogP contribution is -1.98. The van der Waals surface area contributed by atoms with Gasteiger partial charge in [0.05, 0.1) is 11.7 Å². The summed E-state index contributed by atoms with van der Waals surface area (Å²) >= 11 is 0. The molecule has 2 aromatic carbocycles. The number of hydrogen-bond acceptors (Lipinski definition) is 6. The van der Waals surface area contributed by atoms with E-state index in [9.17, 15) is 0 Å². The van der Waals surface area contributed by atoms with Gasteiger partial charge >= 0.3 is 0 Å². The first kappa shape index (κ1) is 17.8. The lowest BCUT2D eigenvalue weighted by atomic mass is 10.2. The number of rotatable bonds is 6. The van der Waals surface area contributed by atoms with Crippen molar-refractivity contribution < 1.29 is 4.74 Å². The van der Waals surface area contributed by atoms with E-state index in [1.165, 1.54) is 0 Å². The largest absolute Gasteiger partial charge is 0.489 e. The van der Waals surface area contributed by atoms with Crippen molar-refractivity contribution in [1.29, 1.82) is 0 Å². The van der Waals surface area contributed by atoms with Crippen LogP contribution in [0.2, 0.25) is 0 Å². The molecule has 0 aliphatic carbocycles. The fourth-order valence-corrected chi connectivity index (χ4v) is 3.11. The highest BCUT2D eigenvalue weighted by Gasteiger charge is 2.06. The van der Waals surface area contributed by atoms with E-state index in [0.717, 1.165) is 33.5 Å². The molecular formula is C23H18N6O. The standard InChI is InChI=1S/C23H18N6O/c1-2-17(13-20(3-1)30-15-16-6-9-24-10-7-16)23-25-11-8-22(28-23)27-19-4-5-21-18(12-19)14-26-29-21/h1-14H,15H2,(H,26,29)(H,25,27,28). The van der Waals surface area contributed by atoms with Crippen molar-refractivity contribution in [2.45, 2.75) is 6.61 Å². The fraction of sp³-hybridized carbons (Fsp3) is 0.0435. The normalized spacial score (nSPS) is 10.8. The van der Waals surface area contributed by atoms with Gasteiger partial charge in [0.1, 0.15) is 18.2 Å². The molecule has 30 heavy (non-hydrogen) atoms. The molecular weight excluding hydrogens is 376 g/mol. The van der Waals surface area contributed by atoms with Gasteiger partial charge in [-0.1, -0.05) is 12.1 Å². The van der Waals surface area contributed by atoms with E-state index >= 15 is 0 Å². The maximum absolute atomic E-state index is 5.91. The van der Waals surface area contributed by atoms with Gasteiger partial charge in [-0.25, -0.2) is 9.97 Å². The molecule has 0 fully saturated rings. The van der Waals surface area contributed by atoms with E-state index in [4.69, 9.17) is 4.74 Å². The average molecular weight is 394 g/mol. The molecule has 3 heterocycles. The van der Waals surface area contributed by atoms with Crippen LogP contribution >= 0.6 is 0 Å². The molecule has 0 radical (unpaired) electrons. The van der Waals surface area contributed by atoms with Gasteiger partial charge in [-0.3, -0.25) is 10.1 Å². The van der Waals surface area contributed by atoms with Crippen molar-refractivity contribution in [3.8, 4) is 17.1 Å². The maximum Gasteiger partial charge on any atom is 0.161 e. The molecule has 7 nitrogen and oxygen atoms in total. The first-order valence-electron chi connectivity index (χ1n) is 9.49. The Hall–Kier alpha value is -4.26. The molecule has 7 heteroatoms. The third-order valence-corrected chi connectivity index (χ3v) is 4.62. The second-order valence-electron chi connectivity index (χ2n) is 6.73. The Labute approximate surface area is 172 Å². The summed E-state index contributed by atoms with van der Waals surface area (Å²) in [6.07, 6.45) is 7.05. The summed E-state index contributed by atoms with van der Waals surface area (Å²) in [4.78, 5) is 13.1. The summed E-state index contributed by atoms with van der Waals surface area (Å²) in [5.41, 5.74) is 3.87. The second kappa shape index (κ2) is 8.00. The lowest BCUT2D eigenvalue weighted by molar-refractivity contribution is 0.306. The molecule has 0 saturated heterocycles. The van der Waals surface area contributed by atoms with Gasteiger partial charge in [0.2, 0.25) is 0 Å². The van der Waals surface area contributed by atoms with Crippen molar-refractivity contribution in [2.75, 3.05) is 5.32 Å². The molecule has 5 rings (SSSR count). The van der Waals surface area contributed by atoms with E-state index in [-0.39, 0.29) is 0 Å². The number of hydrogen-bond donors (Lipinski definition) is 2. The number of aromatic nitrogens is 5. The van der Waals surface area contributed by atoms with Gasteiger partial charge < -0.3 is 10.1 Å². The SMILES string of the molecule is c1cc(OCc2ccncc2)cc(-c2nccc(Nc3ccc4[nH]ncc4c3)n2)c1. The van der Waals surface area contributed by atoms with Crippen LogP contribution in [0.1, 0.15) is 5.56 Å². The zero-order valence-electron chi connectivity index (χ0n) is 16.0. The number of nitrogens with zero attached hydrogens (tertiary/aromatic N) is 4. The Morgan fingerprint density at radius 2 is 1.87 bits per heavy atom. The Morgan fingerprint density at radius 1 is 0.933 bits per heavy atom. The number of aromatic amines is 1. The van der Waals surface area contributed by atoms with Crippen molar-refractivity contribution in [3.05, 3.63) is 91.0 Å². The van der Waals surface area contributed by atoms with Crippen LogP contribution in [0.4, 0.5) is 11.5 Å². The van der Waals surface area contributed by atoms with Gasteiger partial charge in [-0.15, -0.1) is 0 Å². The molecule has 0 amide bonds. The summed E-state index contributed by atoms with van der Waals surface area (Å²) in [5.74, 6) is 2.10. The molecule has 0 bridgehead atoms. The number of anilines is 2. The van der Waals surface area contributed by atoms with E-state index in [1.807, 2.05) is 60.7 Å². The smallest absolute Gasteiger partial charge is 0.161 e. The number of fused-ring (bicyclic) bond motifs is 1. The highest BCUT2D eigenvalue weighted by atomic mass is 16.5. The Bertz CT molecular complexity index is 1290. The number of benzene rings is 2. The zero-order chi connectivity index (χ0) is 20.2. The van der Waals surface area contributed by atoms with E-state index < -0.39 is 0 Å². The summed E-state index contributed by atoms with van der Waals surface area (Å²) in [6, 6.07) is 19.5. The van der Waals surface area contributed by atoms with Crippen LogP contribution in [0.5, 0.6) is 5.75 Å². The molecule has 0 aliphatic heterocycles. The molecule has 146 valence electrons. The highest BCUT2D eigenvalue weighted by Crippen LogP contribution is 2.24. The maximum atomic E-state index is 5.91.